The molecule has 230 valence electrons. The summed E-state index contributed by atoms with van der Waals surface area (Å²) in [5.74, 6) is -7.00. The van der Waals surface area contributed by atoms with E-state index in [9.17, 15) is 36.7 Å². The van der Waals surface area contributed by atoms with E-state index in [1.807, 2.05) is 0 Å². The highest BCUT2D eigenvalue weighted by Crippen LogP contribution is 2.59. The fourth-order valence-electron chi connectivity index (χ4n) is 7.51. The first kappa shape index (κ1) is 28.3. The van der Waals surface area contributed by atoms with Crippen LogP contribution in [0.25, 0.3) is 0 Å². The maximum atomic E-state index is 14.3. The molecule has 4 aliphatic rings. The van der Waals surface area contributed by atoms with E-state index >= 15 is 0 Å². The van der Waals surface area contributed by atoms with E-state index in [4.69, 9.17) is 0 Å². The van der Waals surface area contributed by atoms with Crippen LogP contribution in [0.2, 0.25) is 0 Å². The van der Waals surface area contributed by atoms with Gasteiger partial charge in [0.25, 0.3) is 11.8 Å². The van der Waals surface area contributed by atoms with Crippen LogP contribution in [-0.4, -0.2) is 45.7 Å². The van der Waals surface area contributed by atoms with E-state index in [2.05, 4.69) is 0 Å². The van der Waals surface area contributed by atoms with Gasteiger partial charge in [-0.1, -0.05) is 24.3 Å². The van der Waals surface area contributed by atoms with E-state index in [1.165, 1.54) is 72.8 Å². The van der Waals surface area contributed by atoms with Crippen molar-refractivity contribution in [3.05, 3.63) is 131 Å². The summed E-state index contributed by atoms with van der Waals surface area (Å²) in [6.07, 6.45) is 0. The Labute approximate surface area is 259 Å². The van der Waals surface area contributed by atoms with Gasteiger partial charge in [0.05, 0.1) is 35.3 Å². The number of hydrogen-bond acceptors (Lipinski definition) is 6. The van der Waals surface area contributed by atoms with E-state index in [0.29, 0.717) is 11.1 Å². The number of carbonyl (C=O) groups is 4. The van der Waals surface area contributed by atoms with Crippen LogP contribution in [0.4, 0.5) is 28.9 Å². The second-order valence-corrected chi connectivity index (χ2v) is 11.7. The normalized spacial score (nSPS) is 27.5. The van der Waals surface area contributed by atoms with Crippen molar-refractivity contribution in [2.75, 3.05) is 9.80 Å². The minimum atomic E-state index is -1.21. The van der Waals surface area contributed by atoms with E-state index in [-0.39, 0.29) is 11.4 Å². The van der Waals surface area contributed by atoms with Crippen molar-refractivity contribution >= 4 is 35.0 Å². The summed E-state index contributed by atoms with van der Waals surface area (Å²) in [4.78, 5) is 59.0. The second kappa shape index (κ2) is 10.2. The smallest absolute Gasteiger partial charge is 0.253 e. The van der Waals surface area contributed by atoms with Crippen LogP contribution in [0.1, 0.15) is 23.2 Å². The van der Waals surface area contributed by atoms with Crippen molar-refractivity contribution < 1.29 is 36.7 Å². The Kier molecular flexibility index (Phi) is 6.25. The van der Waals surface area contributed by atoms with Crippen LogP contribution in [0, 0.1) is 35.1 Å². The molecule has 6 atom stereocenters. The van der Waals surface area contributed by atoms with Crippen LogP contribution in [0.15, 0.2) is 97.1 Å². The molecule has 4 aromatic rings. The van der Waals surface area contributed by atoms with Gasteiger partial charge in [-0.3, -0.25) is 19.2 Å². The van der Waals surface area contributed by atoms with E-state index in [1.54, 1.807) is 10.0 Å². The Hall–Kier alpha value is -5.20. The summed E-state index contributed by atoms with van der Waals surface area (Å²) in [5, 5.41) is 3.14. The Bertz CT molecular complexity index is 1780. The Morgan fingerprint density at radius 1 is 0.370 bits per heavy atom. The van der Waals surface area contributed by atoms with Crippen LogP contribution in [0.3, 0.4) is 0 Å². The van der Waals surface area contributed by atoms with Crippen LogP contribution in [0.5, 0.6) is 0 Å². The third-order valence-electron chi connectivity index (χ3n) is 9.32. The van der Waals surface area contributed by atoms with Gasteiger partial charge in [0.15, 0.2) is 0 Å². The standard InChI is InChI=1S/C34H22F4N4O4/c35-19-5-1-17(2-6-19)27-25-29(33(45)39(31(25)43)23-13-9-21(37)10-14-23)42-28(18-3-7-20(36)8-4-18)26-30(41(27)42)34(46)40(32(26)44)24-15-11-22(38)12-16-24/h1-16,25-30H/t25-,26-,27+,28+,29+,30+/m0/s1. The highest BCUT2D eigenvalue weighted by molar-refractivity contribution is 6.26. The highest BCUT2D eigenvalue weighted by atomic mass is 19.1. The minimum Gasteiger partial charge on any atom is -0.274 e. The summed E-state index contributed by atoms with van der Waals surface area (Å²) < 4.78 is 55.8. The quantitative estimate of drug-likeness (QED) is 0.242. The van der Waals surface area contributed by atoms with Gasteiger partial charge in [0.2, 0.25) is 11.8 Å². The summed E-state index contributed by atoms with van der Waals surface area (Å²) in [7, 11) is 0. The fraction of sp³-hybridized carbons (Fsp3) is 0.176. The number of imide groups is 2. The number of anilines is 2. The lowest BCUT2D eigenvalue weighted by Crippen LogP contribution is -2.50. The first-order chi connectivity index (χ1) is 22.2. The number of benzene rings is 4. The average Bonchev–Trinajstić information content (AvgIpc) is 3.71. The van der Waals surface area contributed by atoms with Crippen molar-refractivity contribution in [1.82, 2.24) is 10.0 Å². The Morgan fingerprint density at radius 2 is 0.652 bits per heavy atom. The van der Waals surface area contributed by atoms with Gasteiger partial charge in [-0.15, -0.1) is 0 Å². The zero-order valence-corrected chi connectivity index (χ0v) is 23.6. The Balaban J connectivity index is 1.32. The fourth-order valence-corrected chi connectivity index (χ4v) is 7.51. The number of nitrogens with zero attached hydrogens (tertiary/aromatic N) is 4. The molecule has 8 nitrogen and oxygen atoms in total. The van der Waals surface area contributed by atoms with Crippen molar-refractivity contribution in [2.45, 2.75) is 24.2 Å². The van der Waals surface area contributed by atoms with E-state index < -0.39 is 82.9 Å². The third-order valence-corrected chi connectivity index (χ3v) is 9.32. The molecule has 4 heterocycles. The Morgan fingerprint density at radius 3 is 0.957 bits per heavy atom. The van der Waals surface area contributed by atoms with Gasteiger partial charge >= 0.3 is 0 Å². The lowest BCUT2D eigenvalue weighted by molar-refractivity contribution is -0.136. The maximum absolute atomic E-state index is 14.3. The zero-order valence-electron chi connectivity index (χ0n) is 23.6. The average molecular weight is 627 g/mol. The van der Waals surface area contributed by atoms with Gasteiger partial charge in [0.1, 0.15) is 35.4 Å². The molecule has 0 spiro atoms. The third kappa shape index (κ3) is 3.93. The lowest BCUT2D eigenvalue weighted by Gasteiger charge is -2.35. The van der Waals surface area contributed by atoms with Crippen molar-refractivity contribution in [2.24, 2.45) is 11.8 Å². The minimum absolute atomic E-state index is 0.141. The monoisotopic (exact) mass is 626 g/mol. The molecule has 4 amide bonds. The van der Waals surface area contributed by atoms with Crippen LogP contribution in [-0.2, 0) is 19.2 Å². The number of halogens is 4. The van der Waals surface area contributed by atoms with Gasteiger partial charge in [-0.2, -0.15) is 0 Å². The summed E-state index contributed by atoms with van der Waals surface area (Å²) in [5.41, 5.74) is 1.12. The topological polar surface area (TPSA) is 81.2 Å². The maximum Gasteiger partial charge on any atom is 0.253 e. The van der Waals surface area contributed by atoms with Crippen LogP contribution >= 0.6 is 0 Å². The van der Waals surface area contributed by atoms with E-state index in [0.717, 1.165) is 34.1 Å². The molecule has 0 aliphatic carbocycles. The number of hydrazine groups is 1. The van der Waals surface area contributed by atoms with Crippen molar-refractivity contribution in [1.29, 1.82) is 0 Å². The first-order valence-corrected chi connectivity index (χ1v) is 14.5. The van der Waals surface area contributed by atoms with Crippen molar-refractivity contribution in [3.8, 4) is 0 Å². The molecule has 4 aliphatic heterocycles. The molecule has 12 heteroatoms. The zero-order chi connectivity index (χ0) is 32.0. The largest absolute Gasteiger partial charge is 0.274 e. The summed E-state index contributed by atoms with van der Waals surface area (Å²) in [6, 6.07) is 15.9. The molecule has 4 saturated heterocycles. The number of fused-ring (bicyclic) bond motifs is 5. The SMILES string of the molecule is O=C1[C@H]2[C@@H](c3ccc(F)cc3)N3[C@H]4C(=O)N(c5ccc(F)cc5)C(=O)[C@H]4[C@@H](c4ccc(F)cc4)N3[C@H]2C(=O)N1c1ccc(F)cc1. The number of hydrogen-bond donors (Lipinski definition) is 0. The molecule has 0 N–H and O–H groups in total. The molecule has 0 unspecified atom stereocenters. The summed E-state index contributed by atoms with van der Waals surface area (Å²) in [6.45, 7) is 0. The number of carbonyl (C=O) groups excluding carboxylic acids is 4. The second-order valence-electron chi connectivity index (χ2n) is 11.7. The molecule has 0 radical (unpaired) electrons. The highest BCUT2D eigenvalue weighted by Gasteiger charge is 2.73. The predicted molar refractivity (Wildman–Crippen MR) is 154 cm³/mol. The van der Waals surface area contributed by atoms with Gasteiger partial charge in [-0.05, 0) is 83.9 Å². The molecule has 46 heavy (non-hydrogen) atoms. The number of amides is 4. The molecule has 8 rings (SSSR count). The predicted octanol–water partition coefficient (Wildman–Crippen LogP) is 4.69. The molecule has 0 aromatic heterocycles. The molecule has 0 bridgehead atoms. The molecule has 4 aromatic carbocycles. The molecular formula is C34H22F4N4O4. The molecule has 0 saturated carbocycles. The van der Waals surface area contributed by atoms with Crippen LogP contribution < -0.4 is 9.80 Å². The molecular weight excluding hydrogens is 604 g/mol. The van der Waals surface area contributed by atoms with Gasteiger partial charge < -0.3 is 0 Å². The number of rotatable bonds is 4. The first-order valence-electron chi connectivity index (χ1n) is 14.5. The van der Waals surface area contributed by atoms with Gasteiger partial charge in [0, 0.05) is 0 Å². The summed E-state index contributed by atoms with van der Waals surface area (Å²) >= 11 is 0. The lowest BCUT2D eigenvalue weighted by atomic mass is 9.84. The molecule has 4 fully saturated rings. The van der Waals surface area contributed by atoms with Crippen molar-refractivity contribution in [3.63, 3.8) is 0 Å². The van der Waals surface area contributed by atoms with Gasteiger partial charge in [-0.25, -0.2) is 37.4 Å².